The van der Waals surface area contributed by atoms with Crippen molar-refractivity contribution in [2.24, 2.45) is 0 Å². The van der Waals surface area contributed by atoms with E-state index in [1.165, 1.54) is 0 Å². The highest BCUT2D eigenvalue weighted by molar-refractivity contribution is 5.77. The van der Waals surface area contributed by atoms with E-state index in [0.717, 1.165) is 12.0 Å². The monoisotopic (exact) mass is 277 g/mol. The molecule has 0 spiro atoms. The van der Waals surface area contributed by atoms with E-state index in [0.29, 0.717) is 26.4 Å². The summed E-state index contributed by atoms with van der Waals surface area (Å²) < 4.78 is 10.5. The lowest BCUT2D eigenvalue weighted by Crippen LogP contribution is -2.32. The van der Waals surface area contributed by atoms with Crippen molar-refractivity contribution in [1.29, 1.82) is 0 Å². The molecule has 0 aliphatic heterocycles. The Balaban J connectivity index is 2.47. The molecule has 0 saturated heterocycles. The molecule has 0 amide bonds. The molecular formula is C16H23NO3. The zero-order valence-corrected chi connectivity index (χ0v) is 12.0. The lowest BCUT2D eigenvalue weighted by atomic mass is 10.1. The van der Waals surface area contributed by atoms with Gasteiger partial charge < -0.3 is 9.47 Å². The fraction of sp³-hybridized carbons (Fsp3) is 0.438. The van der Waals surface area contributed by atoms with Crippen LogP contribution in [0, 0.1) is 0 Å². The first-order valence-electron chi connectivity index (χ1n) is 6.93. The Morgan fingerprint density at radius 3 is 2.75 bits per heavy atom. The maximum Gasteiger partial charge on any atom is 0.327 e. The molecule has 1 unspecified atom stereocenters. The van der Waals surface area contributed by atoms with Gasteiger partial charge in [0.05, 0.1) is 19.8 Å². The second-order valence-electron chi connectivity index (χ2n) is 4.24. The van der Waals surface area contributed by atoms with E-state index in [1.807, 2.05) is 36.4 Å². The lowest BCUT2D eigenvalue weighted by molar-refractivity contribution is -0.145. The maximum atomic E-state index is 12.0. The predicted molar refractivity (Wildman–Crippen MR) is 79.5 cm³/mol. The fourth-order valence-electron chi connectivity index (χ4n) is 1.75. The molecule has 0 aliphatic rings. The van der Waals surface area contributed by atoms with Gasteiger partial charge in [-0.1, -0.05) is 36.4 Å². The van der Waals surface area contributed by atoms with Crippen molar-refractivity contribution in [1.82, 2.24) is 5.32 Å². The van der Waals surface area contributed by atoms with Crippen LogP contribution in [0.3, 0.4) is 0 Å². The van der Waals surface area contributed by atoms with Crippen LogP contribution >= 0.6 is 0 Å². The Labute approximate surface area is 120 Å². The Morgan fingerprint density at radius 1 is 1.35 bits per heavy atom. The number of benzene rings is 1. The van der Waals surface area contributed by atoms with Gasteiger partial charge in [-0.15, -0.1) is 6.58 Å². The molecular weight excluding hydrogens is 254 g/mol. The average Bonchev–Trinajstić information content (AvgIpc) is 2.47. The van der Waals surface area contributed by atoms with Crippen molar-refractivity contribution < 1.29 is 14.3 Å². The summed E-state index contributed by atoms with van der Waals surface area (Å²) in [7, 11) is 0. The maximum absolute atomic E-state index is 12.0. The van der Waals surface area contributed by atoms with Crippen molar-refractivity contribution in [2.45, 2.75) is 19.4 Å². The summed E-state index contributed by atoms with van der Waals surface area (Å²) in [6.07, 6.45) is 2.65. The molecule has 0 aromatic heterocycles. The predicted octanol–water partition coefficient (Wildman–Crippen LogP) is 2.47. The summed E-state index contributed by atoms with van der Waals surface area (Å²) in [5.74, 6) is -0.259. The minimum absolute atomic E-state index is 0.259. The van der Waals surface area contributed by atoms with Crippen molar-refractivity contribution >= 4 is 5.97 Å². The highest BCUT2D eigenvalue weighted by atomic mass is 16.5. The summed E-state index contributed by atoms with van der Waals surface area (Å²) in [6, 6.07) is 9.11. The van der Waals surface area contributed by atoms with Gasteiger partial charge in [-0.3, -0.25) is 5.32 Å². The fourth-order valence-corrected chi connectivity index (χ4v) is 1.75. The number of ether oxygens (including phenoxy) is 2. The molecule has 1 atom stereocenters. The largest absolute Gasteiger partial charge is 0.465 e. The molecule has 20 heavy (non-hydrogen) atoms. The molecule has 1 aromatic carbocycles. The van der Waals surface area contributed by atoms with Gasteiger partial charge in [0, 0.05) is 6.54 Å². The molecule has 0 heterocycles. The summed E-state index contributed by atoms with van der Waals surface area (Å²) in [5.41, 5.74) is 0.900. The highest BCUT2D eigenvalue weighted by Crippen LogP contribution is 2.14. The Hall–Kier alpha value is -1.65. The molecule has 1 rings (SSSR count). The van der Waals surface area contributed by atoms with Crippen LogP contribution in [0.2, 0.25) is 0 Å². The quantitative estimate of drug-likeness (QED) is 0.405. The van der Waals surface area contributed by atoms with E-state index in [-0.39, 0.29) is 5.97 Å². The van der Waals surface area contributed by atoms with Crippen LogP contribution in [-0.4, -0.2) is 32.3 Å². The van der Waals surface area contributed by atoms with Crippen LogP contribution in [0.1, 0.15) is 24.9 Å². The summed E-state index contributed by atoms with van der Waals surface area (Å²) in [4.78, 5) is 12.0. The molecule has 1 N–H and O–H groups in total. The Morgan fingerprint density at radius 2 is 2.10 bits per heavy atom. The molecule has 1 aromatic rings. The first-order chi connectivity index (χ1) is 9.79. The molecule has 4 heteroatoms. The van der Waals surface area contributed by atoms with E-state index < -0.39 is 6.04 Å². The molecule has 0 saturated carbocycles. The second-order valence-corrected chi connectivity index (χ2v) is 4.24. The van der Waals surface area contributed by atoms with Gasteiger partial charge in [0.1, 0.15) is 6.04 Å². The number of esters is 1. The van der Waals surface area contributed by atoms with E-state index in [4.69, 9.17) is 9.47 Å². The Kier molecular flexibility index (Phi) is 8.35. The molecule has 110 valence electrons. The van der Waals surface area contributed by atoms with Crippen LogP contribution in [0.5, 0.6) is 0 Å². The third-order valence-corrected chi connectivity index (χ3v) is 2.72. The number of hydrogen-bond donors (Lipinski definition) is 1. The third kappa shape index (κ3) is 5.99. The van der Waals surface area contributed by atoms with Crippen LogP contribution in [-0.2, 0) is 14.3 Å². The topological polar surface area (TPSA) is 47.6 Å². The number of rotatable bonds is 10. The van der Waals surface area contributed by atoms with Crippen LogP contribution in [0.4, 0.5) is 0 Å². The number of hydrogen-bond acceptors (Lipinski definition) is 4. The smallest absolute Gasteiger partial charge is 0.327 e. The zero-order valence-electron chi connectivity index (χ0n) is 12.0. The van der Waals surface area contributed by atoms with Crippen LogP contribution in [0.25, 0.3) is 0 Å². The molecule has 0 aliphatic carbocycles. The van der Waals surface area contributed by atoms with Gasteiger partial charge in [-0.25, -0.2) is 4.79 Å². The molecule has 0 radical (unpaired) electrons. The highest BCUT2D eigenvalue weighted by Gasteiger charge is 2.20. The lowest BCUT2D eigenvalue weighted by Gasteiger charge is -2.17. The number of carbonyl (C=O) groups excluding carboxylic acids is 1. The number of nitrogens with one attached hydrogen (secondary N) is 1. The van der Waals surface area contributed by atoms with Gasteiger partial charge in [0.2, 0.25) is 0 Å². The van der Waals surface area contributed by atoms with E-state index in [1.54, 1.807) is 6.92 Å². The Bertz CT molecular complexity index is 392. The van der Waals surface area contributed by atoms with Gasteiger partial charge in [0.25, 0.3) is 0 Å². The van der Waals surface area contributed by atoms with Gasteiger partial charge in [-0.05, 0) is 18.9 Å². The van der Waals surface area contributed by atoms with Crippen molar-refractivity contribution in [3.05, 3.63) is 48.6 Å². The number of carbonyl (C=O) groups is 1. The van der Waals surface area contributed by atoms with Gasteiger partial charge in [-0.2, -0.15) is 0 Å². The summed E-state index contributed by atoms with van der Waals surface area (Å²) in [6.45, 7) is 7.61. The summed E-state index contributed by atoms with van der Waals surface area (Å²) in [5, 5.41) is 3.17. The van der Waals surface area contributed by atoms with Crippen LogP contribution in [0.15, 0.2) is 43.0 Å². The van der Waals surface area contributed by atoms with E-state index in [9.17, 15) is 4.79 Å². The normalized spacial score (nSPS) is 11.8. The van der Waals surface area contributed by atoms with Crippen molar-refractivity contribution in [3.63, 3.8) is 0 Å². The SMILES string of the molecule is C=CCCOCCNC(C(=O)OCC)c1ccccc1. The van der Waals surface area contributed by atoms with Gasteiger partial charge in [0.15, 0.2) is 0 Å². The average molecular weight is 277 g/mol. The second kappa shape index (κ2) is 10.2. The van der Waals surface area contributed by atoms with Crippen molar-refractivity contribution in [3.8, 4) is 0 Å². The first kappa shape index (κ1) is 16.4. The third-order valence-electron chi connectivity index (χ3n) is 2.72. The van der Waals surface area contributed by atoms with Crippen LogP contribution < -0.4 is 5.32 Å². The molecule has 0 fully saturated rings. The standard InChI is InChI=1S/C16H23NO3/c1-3-5-12-19-13-11-17-15(16(18)20-4-2)14-9-7-6-8-10-14/h3,6-10,15,17H,1,4-5,11-13H2,2H3. The van der Waals surface area contributed by atoms with Crippen molar-refractivity contribution in [2.75, 3.05) is 26.4 Å². The zero-order chi connectivity index (χ0) is 14.6. The molecule has 0 bridgehead atoms. The van der Waals surface area contributed by atoms with E-state index in [2.05, 4.69) is 11.9 Å². The van der Waals surface area contributed by atoms with Gasteiger partial charge >= 0.3 is 5.97 Å². The first-order valence-corrected chi connectivity index (χ1v) is 6.93. The minimum atomic E-state index is -0.445. The minimum Gasteiger partial charge on any atom is -0.465 e. The summed E-state index contributed by atoms with van der Waals surface area (Å²) >= 11 is 0. The molecule has 4 nitrogen and oxygen atoms in total. The van der Waals surface area contributed by atoms with E-state index >= 15 is 0 Å².